The molecule has 1 aromatic carbocycles. The van der Waals surface area contributed by atoms with Crippen LogP contribution in [0, 0.1) is 5.92 Å². The van der Waals surface area contributed by atoms with Gasteiger partial charge in [0.2, 0.25) is 0 Å². The zero-order valence-electron chi connectivity index (χ0n) is 12.2. The molecule has 0 fully saturated rings. The van der Waals surface area contributed by atoms with Gasteiger partial charge in [-0.1, -0.05) is 50.2 Å². The van der Waals surface area contributed by atoms with Gasteiger partial charge in [-0.15, -0.1) is 0 Å². The summed E-state index contributed by atoms with van der Waals surface area (Å²) in [5.41, 5.74) is -0.480. The second-order valence-electron chi connectivity index (χ2n) is 5.18. The highest BCUT2D eigenvalue weighted by Gasteiger charge is 2.42. The normalized spacial score (nSPS) is 13.7. The average Bonchev–Trinajstić information content (AvgIpc) is 2.53. The van der Waals surface area contributed by atoms with Gasteiger partial charge < -0.3 is 9.84 Å². The molecule has 0 amide bonds. The molecule has 0 bridgehead atoms. The first-order valence-corrected chi connectivity index (χ1v) is 6.90. The highest BCUT2D eigenvalue weighted by atomic mass is 16.5. The standard InChI is InChI=1S/C17H19NO3/c1-13(2)17(20,14-8-4-3-5-9-14)16(19)21-12-15-10-6-7-11-18-15/h3-11,13,20H,12H2,1-2H3. The SMILES string of the molecule is CC(C)C(O)(C(=O)OCc1ccccn1)c1ccccc1. The Kier molecular flexibility index (Phi) is 4.70. The summed E-state index contributed by atoms with van der Waals surface area (Å²) in [6, 6.07) is 14.2. The van der Waals surface area contributed by atoms with E-state index in [0.29, 0.717) is 11.3 Å². The molecule has 2 rings (SSSR count). The van der Waals surface area contributed by atoms with Crippen molar-refractivity contribution < 1.29 is 14.6 Å². The summed E-state index contributed by atoms with van der Waals surface area (Å²) in [5, 5.41) is 10.8. The van der Waals surface area contributed by atoms with Crippen molar-refractivity contribution in [3.63, 3.8) is 0 Å². The number of esters is 1. The molecule has 1 N–H and O–H groups in total. The lowest BCUT2D eigenvalue weighted by atomic mass is 9.83. The molecule has 0 spiro atoms. The summed E-state index contributed by atoms with van der Waals surface area (Å²) in [5.74, 6) is -0.967. The molecule has 0 saturated heterocycles. The Bertz CT molecular complexity index is 583. The molecule has 1 unspecified atom stereocenters. The minimum Gasteiger partial charge on any atom is -0.457 e. The maximum absolute atomic E-state index is 12.4. The Labute approximate surface area is 124 Å². The molecule has 2 aromatic rings. The quantitative estimate of drug-likeness (QED) is 0.858. The van der Waals surface area contributed by atoms with Crippen LogP contribution in [0.1, 0.15) is 25.1 Å². The monoisotopic (exact) mass is 285 g/mol. The molecular formula is C17H19NO3. The van der Waals surface area contributed by atoms with Gasteiger partial charge in [0.15, 0.2) is 5.60 Å². The number of benzene rings is 1. The number of carbonyl (C=O) groups is 1. The maximum Gasteiger partial charge on any atom is 0.343 e. The fourth-order valence-corrected chi connectivity index (χ4v) is 2.11. The molecule has 4 heteroatoms. The van der Waals surface area contributed by atoms with Gasteiger partial charge in [-0.3, -0.25) is 4.98 Å². The van der Waals surface area contributed by atoms with E-state index in [1.54, 1.807) is 56.4 Å². The summed E-state index contributed by atoms with van der Waals surface area (Å²) in [4.78, 5) is 16.5. The first-order chi connectivity index (χ1) is 10.0. The van der Waals surface area contributed by atoms with Crippen LogP contribution >= 0.6 is 0 Å². The number of aromatic nitrogens is 1. The van der Waals surface area contributed by atoms with E-state index in [1.165, 1.54) is 0 Å². The Morgan fingerprint density at radius 1 is 1.19 bits per heavy atom. The third kappa shape index (κ3) is 3.28. The highest BCUT2D eigenvalue weighted by Crippen LogP contribution is 2.31. The van der Waals surface area contributed by atoms with Crippen molar-refractivity contribution in [2.45, 2.75) is 26.1 Å². The first-order valence-electron chi connectivity index (χ1n) is 6.90. The third-order valence-corrected chi connectivity index (χ3v) is 3.44. The zero-order valence-corrected chi connectivity index (χ0v) is 12.2. The number of rotatable bonds is 5. The van der Waals surface area contributed by atoms with Crippen molar-refractivity contribution in [3.05, 3.63) is 66.0 Å². The molecular weight excluding hydrogens is 266 g/mol. The van der Waals surface area contributed by atoms with Crippen LogP contribution in [0.5, 0.6) is 0 Å². The van der Waals surface area contributed by atoms with Crippen molar-refractivity contribution >= 4 is 5.97 Å². The zero-order chi connectivity index (χ0) is 15.3. The van der Waals surface area contributed by atoms with Crippen LogP contribution in [-0.4, -0.2) is 16.1 Å². The number of ether oxygens (including phenoxy) is 1. The van der Waals surface area contributed by atoms with Crippen molar-refractivity contribution in [2.24, 2.45) is 5.92 Å². The molecule has 4 nitrogen and oxygen atoms in total. The Balaban J connectivity index is 2.17. The molecule has 0 saturated carbocycles. The maximum atomic E-state index is 12.4. The molecule has 1 atom stereocenters. The van der Waals surface area contributed by atoms with Gasteiger partial charge in [-0.2, -0.15) is 0 Å². The van der Waals surface area contributed by atoms with Crippen molar-refractivity contribution in [2.75, 3.05) is 0 Å². The average molecular weight is 285 g/mol. The van der Waals surface area contributed by atoms with Gasteiger partial charge >= 0.3 is 5.97 Å². The van der Waals surface area contributed by atoms with Crippen LogP contribution in [0.3, 0.4) is 0 Å². The van der Waals surface area contributed by atoms with Crippen LogP contribution < -0.4 is 0 Å². The summed E-state index contributed by atoms with van der Waals surface area (Å²) in [6.07, 6.45) is 1.63. The molecule has 21 heavy (non-hydrogen) atoms. The molecule has 0 aliphatic heterocycles. The predicted molar refractivity (Wildman–Crippen MR) is 79.2 cm³/mol. The Morgan fingerprint density at radius 3 is 2.43 bits per heavy atom. The van der Waals surface area contributed by atoms with E-state index >= 15 is 0 Å². The third-order valence-electron chi connectivity index (χ3n) is 3.44. The number of hydrogen-bond donors (Lipinski definition) is 1. The van der Waals surface area contributed by atoms with Gasteiger partial charge in [-0.05, 0) is 23.6 Å². The fourth-order valence-electron chi connectivity index (χ4n) is 2.11. The lowest BCUT2D eigenvalue weighted by Crippen LogP contribution is -2.42. The lowest BCUT2D eigenvalue weighted by Gasteiger charge is -2.30. The van der Waals surface area contributed by atoms with Crippen LogP contribution in [0.25, 0.3) is 0 Å². The molecule has 1 heterocycles. The molecule has 0 aliphatic rings. The van der Waals surface area contributed by atoms with Gasteiger partial charge in [-0.25, -0.2) is 4.79 Å². The van der Waals surface area contributed by atoms with Crippen LogP contribution in [0.2, 0.25) is 0 Å². The fraction of sp³-hybridized carbons (Fsp3) is 0.294. The van der Waals surface area contributed by atoms with E-state index in [1.807, 2.05) is 12.1 Å². The Morgan fingerprint density at radius 2 is 1.86 bits per heavy atom. The van der Waals surface area contributed by atoms with Gasteiger partial charge in [0.25, 0.3) is 0 Å². The topological polar surface area (TPSA) is 59.4 Å². The minimum atomic E-state index is -1.66. The van der Waals surface area contributed by atoms with Crippen LogP contribution in [-0.2, 0) is 21.7 Å². The lowest BCUT2D eigenvalue weighted by molar-refractivity contribution is -0.173. The van der Waals surface area contributed by atoms with Crippen LogP contribution in [0.15, 0.2) is 54.7 Å². The number of pyridine rings is 1. The van der Waals surface area contributed by atoms with Crippen molar-refractivity contribution in [1.82, 2.24) is 4.98 Å². The second-order valence-corrected chi connectivity index (χ2v) is 5.18. The van der Waals surface area contributed by atoms with Gasteiger partial charge in [0.05, 0.1) is 5.69 Å². The van der Waals surface area contributed by atoms with E-state index in [-0.39, 0.29) is 12.5 Å². The van der Waals surface area contributed by atoms with E-state index in [4.69, 9.17) is 4.74 Å². The number of nitrogens with zero attached hydrogens (tertiary/aromatic N) is 1. The summed E-state index contributed by atoms with van der Waals surface area (Å²) >= 11 is 0. The Hall–Kier alpha value is -2.20. The molecule has 1 aromatic heterocycles. The second kappa shape index (κ2) is 6.50. The van der Waals surface area contributed by atoms with Crippen molar-refractivity contribution in [1.29, 1.82) is 0 Å². The van der Waals surface area contributed by atoms with Crippen molar-refractivity contribution in [3.8, 4) is 0 Å². The van der Waals surface area contributed by atoms with Gasteiger partial charge in [0.1, 0.15) is 6.61 Å². The highest BCUT2D eigenvalue weighted by molar-refractivity contribution is 5.81. The van der Waals surface area contributed by atoms with E-state index in [2.05, 4.69) is 4.98 Å². The molecule has 0 radical (unpaired) electrons. The molecule has 0 aliphatic carbocycles. The van der Waals surface area contributed by atoms with Gasteiger partial charge in [0, 0.05) is 6.20 Å². The van der Waals surface area contributed by atoms with E-state index in [9.17, 15) is 9.90 Å². The van der Waals surface area contributed by atoms with E-state index < -0.39 is 11.6 Å². The van der Waals surface area contributed by atoms with Crippen LogP contribution in [0.4, 0.5) is 0 Å². The smallest absolute Gasteiger partial charge is 0.343 e. The van der Waals surface area contributed by atoms with E-state index in [0.717, 1.165) is 0 Å². The largest absolute Gasteiger partial charge is 0.457 e. The summed E-state index contributed by atoms with van der Waals surface area (Å²) in [7, 11) is 0. The number of carbonyl (C=O) groups excluding carboxylic acids is 1. The molecule has 110 valence electrons. The summed E-state index contributed by atoms with van der Waals surface area (Å²) in [6.45, 7) is 3.62. The number of aliphatic hydroxyl groups is 1. The number of hydrogen-bond acceptors (Lipinski definition) is 4. The summed E-state index contributed by atoms with van der Waals surface area (Å²) < 4.78 is 5.26. The minimum absolute atomic E-state index is 0.0432. The predicted octanol–water partition coefficient (Wildman–Crippen LogP) is 2.67. The first kappa shape index (κ1) is 15.2.